The lowest BCUT2D eigenvalue weighted by molar-refractivity contribution is 0.737. The van der Waals surface area contributed by atoms with Gasteiger partial charge in [-0.25, -0.2) is 0 Å². The van der Waals surface area contributed by atoms with Gasteiger partial charge in [-0.05, 0) is 12.3 Å². The molecule has 0 heteroatoms. The summed E-state index contributed by atoms with van der Waals surface area (Å²) in [5.74, 6) is 0.833. The Morgan fingerprint density at radius 3 is 1.45 bits per heavy atom. The molecule has 0 amide bonds. The zero-order valence-electron chi connectivity index (χ0n) is 9.28. The first-order valence-corrected chi connectivity index (χ1v) is 4.76. The van der Waals surface area contributed by atoms with Crippen LogP contribution in [-0.2, 0) is 0 Å². The fourth-order valence-electron chi connectivity index (χ4n) is 0.204. The van der Waals surface area contributed by atoms with Gasteiger partial charge >= 0.3 is 0 Å². The summed E-state index contributed by atoms with van der Waals surface area (Å²) in [6.07, 6.45) is 4.31. The Kier molecular flexibility index (Phi) is 34.9. The van der Waals surface area contributed by atoms with Crippen LogP contribution in [0, 0.1) is 5.92 Å². The van der Waals surface area contributed by atoms with Gasteiger partial charge in [0.05, 0.1) is 0 Å². The molecule has 0 heterocycles. The molecule has 0 aliphatic carbocycles. The van der Waals surface area contributed by atoms with Gasteiger partial charge in [0.1, 0.15) is 0 Å². The third-order valence-corrected chi connectivity index (χ3v) is 0.493. The summed E-state index contributed by atoms with van der Waals surface area (Å²) in [7, 11) is 0. The molecule has 0 unspecified atom stereocenters. The first-order chi connectivity index (χ1) is 5.15. The quantitative estimate of drug-likeness (QED) is 0.513. The molecule has 0 atom stereocenters. The van der Waals surface area contributed by atoms with Crippen molar-refractivity contribution in [3.63, 3.8) is 0 Å². The number of hydrogen-bond donors (Lipinski definition) is 0. The third-order valence-electron chi connectivity index (χ3n) is 0.493. The summed E-state index contributed by atoms with van der Waals surface area (Å²) in [4.78, 5) is 0. The Morgan fingerprint density at radius 1 is 1.18 bits per heavy atom. The van der Waals surface area contributed by atoms with Gasteiger partial charge in [0, 0.05) is 0 Å². The molecule has 0 aliphatic heterocycles. The zero-order chi connectivity index (χ0) is 9.70. The monoisotopic (exact) mass is 158 g/mol. The van der Waals surface area contributed by atoms with E-state index in [-0.39, 0.29) is 0 Å². The molecule has 70 valence electrons. The summed E-state index contributed by atoms with van der Waals surface area (Å²) in [6, 6.07) is 0. The van der Waals surface area contributed by atoms with Crippen molar-refractivity contribution in [2.75, 3.05) is 0 Å². The second-order valence-corrected chi connectivity index (χ2v) is 2.81. The van der Waals surface area contributed by atoms with Gasteiger partial charge in [-0.3, -0.25) is 0 Å². The van der Waals surface area contributed by atoms with Crippen LogP contribution in [0.4, 0.5) is 0 Å². The SMILES string of the molecule is C=CCCC.CC.CC(C)C. The molecule has 0 bridgehead atoms. The molecule has 0 nitrogen and oxygen atoms in total. The van der Waals surface area contributed by atoms with Crippen molar-refractivity contribution in [1.29, 1.82) is 0 Å². The highest BCUT2D eigenvalue weighted by Gasteiger charge is 1.68. The normalized spacial score (nSPS) is 7.18. The average molecular weight is 158 g/mol. The lowest BCUT2D eigenvalue weighted by atomic mass is 10.3. The van der Waals surface area contributed by atoms with Crippen molar-refractivity contribution < 1.29 is 0 Å². The summed E-state index contributed by atoms with van der Waals surface area (Å²) >= 11 is 0. The Balaban J connectivity index is -0.0000000965. The van der Waals surface area contributed by atoms with Gasteiger partial charge in [0.15, 0.2) is 0 Å². The predicted octanol–water partition coefficient (Wildman–Crippen LogP) is 4.66. The van der Waals surface area contributed by atoms with E-state index in [2.05, 4.69) is 34.3 Å². The number of allylic oxidation sites excluding steroid dienone is 1. The summed E-state index contributed by atoms with van der Waals surface area (Å²) in [6.45, 7) is 16.2. The highest BCUT2D eigenvalue weighted by atomic mass is 13.7. The van der Waals surface area contributed by atoms with E-state index < -0.39 is 0 Å². The molecule has 0 aliphatic rings. The third kappa shape index (κ3) is 193. The molecular formula is C11H26. The predicted molar refractivity (Wildman–Crippen MR) is 57.0 cm³/mol. The summed E-state index contributed by atoms with van der Waals surface area (Å²) in [5, 5.41) is 0. The molecule has 0 spiro atoms. The number of hydrogen-bond acceptors (Lipinski definition) is 0. The van der Waals surface area contributed by atoms with Crippen LogP contribution < -0.4 is 0 Å². The van der Waals surface area contributed by atoms with Crippen molar-refractivity contribution in [3.8, 4) is 0 Å². The van der Waals surface area contributed by atoms with Crippen LogP contribution in [0.15, 0.2) is 12.7 Å². The molecule has 0 N–H and O–H groups in total. The lowest BCUT2D eigenvalue weighted by Crippen LogP contribution is -1.66. The Morgan fingerprint density at radius 2 is 1.45 bits per heavy atom. The topological polar surface area (TPSA) is 0 Å². The molecule has 11 heavy (non-hydrogen) atoms. The minimum Gasteiger partial charge on any atom is -0.103 e. The van der Waals surface area contributed by atoms with E-state index in [0.29, 0.717) is 0 Å². The fourth-order valence-corrected chi connectivity index (χ4v) is 0.204. The first kappa shape index (κ1) is 17.0. The van der Waals surface area contributed by atoms with Crippen LogP contribution >= 0.6 is 0 Å². The smallest absolute Gasteiger partial charge is 0.0356 e. The van der Waals surface area contributed by atoms with Crippen LogP contribution in [-0.4, -0.2) is 0 Å². The number of unbranched alkanes of at least 4 members (excludes halogenated alkanes) is 1. The van der Waals surface area contributed by atoms with Crippen molar-refractivity contribution in [1.82, 2.24) is 0 Å². The highest BCUT2D eigenvalue weighted by Crippen LogP contribution is 1.82. The Labute approximate surface area is 73.7 Å². The van der Waals surface area contributed by atoms with E-state index in [4.69, 9.17) is 0 Å². The van der Waals surface area contributed by atoms with Crippen molar-refractivity contribution in [2.24, 2.45) is 5.92 Å². The van der Waals surface area contributed by atoms with E-state index in [1.807, 2.05) is 19.9 Å². The van der Waals surface area contributed by atoms with Gasteiger partial charge in [0.2, 0.25) is 0 Å². The molecule has 0 radical (unpaired) electrons. The molecular weight excluding hydrogens is 132 g/mol. The molecule has 0 fully saturated rings. The van der Waals surface area contributed by atoms with E-state index >= 15 is 0 Å². The van der Waals surface area contributed by atoms with Gasteiger partial charge in [-0.15, -0.1) is 6.58 Å². The van der Waals surface area contributed by atoms with Crippen LogP contribution in [0.1, 0.15) is 54.4 Å². The van der Waals surface area contributed by atoms with Crippen LogP contribution in [0.3, 0.4) is 0 Å². The molecule has 0 aromatic carbocycles. The van der Waals surface area contributed by atoms with Crippen molar-refractivity contribution in [2.45, 2.75) is 54.4 Å². The fraction of sp³-hybridized carbons (Fsp3) is 0.818. The van der Waals surface area contributed by atoms with Crippen molar-refractivity contribution in [3.05, 3.63) is 12.7 Å². The second kappa shape index (κ2) is 22.6. The van der Waals surface area contributed by atoms with Gasteiger partial charge < -0.3 is 0 Å². The maximum Gasteiger partial charge on any atom is -0.0356 e. The first-order valence-electron chi connectivity index (χ1n) is 4.76. The van der Waals surface area contributed by atoms with Gasteiger partial charge in [-0.2, -0.15) is 0 Å². The minimum atomic E-state index is 0.833. The minimum absolute atomic E-state index is 0.833. The van der Waals surface area contributed by atoms with Crippen molar-refractivity contribution >= 4 is 0 Å². The van der Waals surface area contributed by atoms with Gasteiger partial charge in [0.25, 0.3) is 0 Å². The van der Waals surface area contributed by atoms with E-state index in [9.17, 15) is 0 Å². The lowest BCUT2D eigenvalue weighted by Gasteiger charge is -1.79. The largest absolute Gasteiger partial charge is 0.103 e. The zero-order valence-corrected chi connectivity index (χ0v) is 9.28. The van der Waals surface area contributed by atoms with Gasteiger partial charge in [-0.1, -0.05) is 54.0 Å². The van der Waals surface area contributed by atoms with E-state index in [1.165, 1.54) is 6.42 Å². The van der Waals surface area contributed by atoms with Crippen LogP contribution in [0.25, 0.3) is 0 Å². The standard InChI is InChI=1S/C5H10.C4H10.C2H6/c1-3-5-4-2;1-4(2)3;1-2/h3H,1,4-5H2,2H3;4H,1-3H3;1-2H3. The average Bonchev–Trinajstić information content (AvgIpc) is 1.93. The molecule has 0 rings (SSSR count). The Hall–Kier alpha value is -0.260. The second-order valence-electron chi connectivity index (χ2n) is 2.81. The Bertz CT molecular complexity index is 41.2. The molecule has 0 saturated carbocycles. The van der Waals surface area contributed by atoms with E-state index in [0.717, 1.165) is 12.3 Å². The number of rotatable bonds is 2. The highest BCUT2D eigenvalue weighted by molar-refractivity contribution is 4.63. The van der Waals surface area contributed by atoms with Crippen LogP contribution in [0.5, 0.6) is 0 Å². The maximum atomic E-state index is 3.55. The maximum absolute atomic E-state index is 3.55. The van der Waals surface area contributed by atoms with Crippen LogP contribution in [0.2, 0.25) is 0 Å². The molecule has 0 aromatic rings. The molecule has 0 aromatic heterocycles. The summed E-state index contributed by atoms with van der Waals surface area (Å²) < 4.78 is 0. The summed E-state index contributed by atoms with van der Waals surface area (Å²) in [5.41, 5.74) is 0. The molecule has 0 saturated heterocycles. The van der Waals surface area contributed by atoms with E-state index in [1.54, 1.807) is 0 Å².